The monoisotopic (exact) mass is 505 g/mol. The molecular weight excluding hydrogens is 490 g/mol. The highest BCUT2D eigenvalue weighted by molar-refractivity contribution is 7.92. The molecule has 6 rings (SSSR count). The van der Waals surface area contributed by atoms with Gasteiger partial charge in [0.15, 0.2) is 0 Å². The predicted octanol–water partition coefficient (Wildman–Crippen LogP) is 2.66. The molecule has 0 unspecified atom stereocenters. The standard InChI is InChI=1S/C22H15N7O4S2/c30-19-13-2-1-3-16(5-13)35(32,33)28-17-6-15(10-25-20(17)31)21-27-29-18(11-26-22(29)34-21)14-4-12(8-24-19)7-23-9-14/h1-7,9-11,28H,8H2,(H,24,30)(H,25,31). The van der Waals surface area contributed by atoms with Gasteiger partial charge in [0.25, 0.3) is 15.9 Å². The summed E-state index contributed by atoms with van der Waals surface area (Å²) in [5.41, 5.74) is 2.75. The van der Waals surface area contributed by atoms with Crippen molar-refractivity contribution in [3.05, 3.63) is 72.3 Å². The molecule has 11 nitrogen and oxygen atoms in total. The van der Waals surface area contributed by atoms with Crippen LogP contribution in [-0.2, 0) is 16.6 Å². The van der Waals surface area contributed by atoms with Crippen molar-refractivity contribution < 1.29 is 18.3 Å². The molecule has 1 aliphatic heterocycles. The minimum absolute atomic E-state index is 0.122. The largest absolute Gasteiger partial charge is 0.492 e. The second kappa shape index (κ2) is 7.85. The van der Waals surface area contributed by atoms with E-state index in [1.807, 2.05) is 6.07 Å². The van der Waals surface area contributed by atoms with Gasteiger partial charge in [-0.15, -0.1) is 0 Å². The molecule has 3 N–H and O–H groups in total. The highest BCUT2D eigenvalue weighted by atomic mass is 32.2. The van der Waals surface area contributed by atoms with Gasteiger partial charge in [-0.1, -0.05) is 17.4 Å². The van der Waals surface area contributed by atoms with Crippen LogP contribution in [0.3, 0.4) is 0 Å². The van der Waals surface area contributed by atoms with Gasteiger partial charge >= 0.3 is 0 Å². The Kier molecular flexibility index (Phi) is 4.76. The Morgan fingerprint density at radius 3 is 2.77 bits per heavy atom. The van der Waals surface area contributed by atoms with Crippen LogP contribution in [0.15, 0.2) is 66.1 Å². The highest BCUT2D eigenvalue weighted by Gasteiger charge is 2.21. The fourth-order valence-corrected chi connectivity index (χ4v) is 5.63. The van der Waals surface area contributed by atoms with E-state index >= 15 is 0 Å². The van der Waals surface area contributed by atoms with E-state index in [1.54, 1.807) is 23.1 Å². The number of aromatic hydroxyl groups is 1. The number of anilines is 1. The maximum atomic E-state index is 13.0. The molecule has 1 amide bonds. The van der Waals surface area contributed by atoms with Crippen LogP contribution in [0.2, 0.25) is 0 Å². The zero-order chi connectivity index (χ0) is 24.2. The third-order valence-electron chi connectivity index (χ3n) is 5.39. The van der Waals surface area contributed by atoms with Crippen molar-refractivity contribution in [1.82, 2.24) is 29.9 Å². The molecule has 0 spiro atoms. The summed E-state index contributed by atoms with van der Waals surface area (Å²) in [5, 5.41) is 18.2. The first-order valence-electron chi connectivity index (χ1n) is 10.3. The first kappa shape index (κ1) is 21.2. The molecule has 13 heteroatoms. The molecule has 5 aromatic rings. The van der Waals surface area contributed by atoms with Gasteiger partial charge in [0.1, 0.15) is 10.7 Å². The van der Waals surface area contributed by atoms with Crippen molar-refractivity contribution in [2.45, 2.75) is 11.4 Å². The Bertz CT molecular complexity index is 1740. The Morgan fingerprint density at radius 1 is 1.00 bits per heavy atom. The number of nitrogens with zero attached hydrogens (tertiary/aromatic N) is 5. The van der Waals surface area contributed by atoms with Crippen molar-refractivity contribution in [2.75, 3.05) is 4.72 Å². The zero-order valence-corrected chi connectivity index (χ0v) is 19.3. The second-order valence-corrected chi connectivity index (χ2v) is 10.4. The summed E-state index contributed by atoms with van der Waals surface area (Å²) < 4.78 is 30.1. The topological polar surface area (TPSA) is 151 Å². The van der Waals surface area contributed by atoms with Gasteiger partial charge in [-0.25, -0.2) is 22.9 Å². The van der Waals surface area contributed by atoms with Gasteiger partial charge in [0.05, 0.1) is 16.8 Å². The molecule has 174 valence electrons. The van der Waals surface area contributed by atoms with Crippen LogP contribution in [0.4, 0.5) is 5.69 Å². The molecule has 1 aromatic carbocycles. The van der Waals surface area contributed by atoms with Crippen molar-refractivity contribution in [1.29, 1.82) is 0 Å². The van der Waals surface area contributed by atoms with E-state index in [4.69, 9.17) is 0 Å². The van der Waals surface area contributed by atoms with Crippen molar-refractivity contribution in [2.24, 2.45) is 0 Å². The van der Waals surface area contributed by atoms with Gasteiger partial charge in [0.2, 0.25) is 10.8 Å². The number of nitrogens with one attached hydrogen (secondary N) is 2. The van der Waals surface area contributed by atoms with E-state index in [0.717, 1.165) is 11.1 Å². The number of sulfonamides is 1. The zero-order valence-electron chi connectivity index (χ0n) is 17.7. The predicted molar refractivity (Wildman–Crippen MR) is 127 cm³/mol. The fourth-order valence-electron chi connectivity index (χ4n) is 3.67. The molecule has 4 aromatic heterocycles. The third-order valence-corrected chi connectivity index (χ3v) is 7.73. The summed E-state index contributed by atoms with van der Waals surface area (Å²) in [5.74, 6) is -0.943. The van der Waals surface area contributed by atoms with Crippen LogP contribution in [0.1, 0.15) is 15.9 Å². The number of fused-ring (bicyclic) bond motifs is 9. The molecule has 35 heavy (non-hydrogen) atoms. The molecule has 8 bridgehead atoms. The smallest absolute Gasteiger partial charge is 0.262 e. The molecule has 0 radical (unpaired) electrons. The molecule has 0 saturated heterocycles. The summed E-state index contributed by atoms with van der Waals surface area (Å²) in [6, 6.07) is 8.94. The van der Waals surface area contributed by atoms with Gasteiger partial charge in [-0.3, -0.25) is 14.5 Å². The lowest BCUT2D eigenvalue weighted by Crippen LogP contribution is -2.23. The van der Waals surface area contributed by atoms with Crippen molar-refractivity contribution in [3.8, 4) is 27.7 Å². The number of aromatic nitrogens is 5. The first-order chi connectivity index (χ1) is 16.9. The van der Waals surface area contributed by atoms with Crippen LogP contribution in [0, 0.1) is 0 Å². The third kappa shape index (κ3) is 3.76. The van der Waals surface area contributed by atoms with Gasteiger partial charge in [-0.05, 0) is 35.9 Å². The molecule has 1 aliphatic rings. The number of hydrogen-bond donors (Lipinski definition) is 3. The average molecular weight is 506 g/mol. The van der Waals surface area contributed by atoms with E-state index in [0.29, 0.717) is 21.2 Å². The lowest BCUT2D eigenvalue weighted by atomic mass is 10.1. The van der Waals surface area contributed by atoms with Crippen LogP contribution in [-0.4, -0.2) is 44.0 Å². The van der Waals surface area contributed by atoms with E-state index in [9.17, 15) is 18.3 Å². The van der Waals surface area contributed by atoms with Gasteiger partial charge in [0, 0.05) is 41.8 Å². The molecule has 5 heterocycles. The number of imidazole rings is 1. The SMILES string of the molecule is O=C1NCc2cncc(c2)-c2cnc3sc(nn23)-c2cnc(O)c(c2)NS(=O)(=O)c2cccc1c2. The summed E-state index contributed by atoms with van der Waals surface area (Å²) in [6.07, 6.45) is 6.41. The van der Waals surface area contributed by atoms with Crippen molar-refractivity contribution >= 4 is 37.9 Å². The lowest BCUT2D eigenvalue weighted by molar-refractivity contribution is 0.0950. The summed E-state index contributed by atoms with van der Waals surface area (Å²) in [4.78, 5) is 25.9. The summed E-state index contributed by atoms with van der Waals surface area (Å²) >= 11 is 1.28. The van der Waals surface area contributed by atoms with Crippen molar-refractivity contribution in [3.63, 3.8) is 0 Å². The first-order valence-corrected chi connectivity index (χ1v) is 12.6. The maximum absolute atomic E-state index is 13.0. The Morgan fingerprint density at radius 2 is 1.89 bits per heavy atom. The number of benzene rings is 1. The molecule has 0 saturated carbocycles. The van der Waals surface area contributed by atoms with E-state index in [1.165, 1.54) is 47.9 Å². The number of carbonyl (C=O) groups is 1. The number of rotatable bonds is 0. The molecule has 0 aliphatic carbocycles. The average Bonchev–Trinajstić information content (AvgIpc) is 3.45. The maximum Gasteiger partial charge on any atom is 0.262 e. The number of hydrogen-bond acceptors (Lipinski definition) is 9. The Hall–Kier alpha value is -4.36. The number of carbonyl (C=O) groups excluding carboxylic acids is 1. The Labute approximate surface area is 202 Å². The minimum Gasteiger partial charge on any atom is -0.492 e. The van der Waals surface area contributed by atoms with Gasteiger partial charge < -0.3 is 10.4 Å². The number of pyridine rings is 2. The lowest BCUT2D eigenvalue weighted by Gasteiger charge is -2.12. The fraction of sp³-hybridized carbons (Fsp3) is 0.0455. The van der Waals surface area contributed by atoms with E-state index in [-0.39, 0.29) is 22.7 Å². The summed E-state index contributed by atoms with van der Waals surface area (Å²) in [6.45, 7) is 0.184. The van der Waals surface area contributed by atoms with Crippen LogP contribution in [0.5, 0.6) is 5.88 Å². The van der Waals surface area contributed by atoms with E-state index in [2.05, 4.69) is 30.1 Å². The highest BCUT2D eigenvalue weighted by Crippen LogP contribution is 2.33. The van der Waals surface area contributed by atoms with E-state index < -0.39 is 21.8 Å². The Balaban J connectivity index is 1.55. The quantitative estimate of drug-likeness (QED) is 0.291. The molecular formula is C22H15N7O4S2. The number of amides is 1. The van der Waals surface area contributed by atoms with Crippen LogP contribution >= 0.6 is 11.3 Å². The van der Waals surface area contributed by atoms with Gasteiger partial charge in [-0.2, -0.15) is 5.10 Å². The normalized spacial score (nSPS) is 14.7. The van der Waals surface area contributed by atoms with Crippen LogP contribution in [0.25, 0.3) is 26.8 Å². The minimum atomic E-state index is -4.14. The second-order valence-electron chi connectivity index (χ2n) is 7.74. The molecule has 0 fully saturated rings. The molecule has 0 atom stereocenters. The summed E-state index contributed by atoms with van der Waals surface area (Å²) in [7, 11) is -4.14. The van der Waals surface area contributed by atoms with Crippen LogP contribution < -0.4 is 10.0 Å².